The lowest BCUT2D eigenvalue weighted by Crippen LogP contribution is -1.96. The Bertz CT molecular complexity index is 437. The van der Waals surface area contributed by atoms with E-state index in [1.165, 1.54) is 6.07 Å². The van der Waals surface area contributed by atoms with Gasteiger partial charge in [0.2, 0.25) is 0 Å². The number of aromatic nitrogens is 1. The Balaban J connectivity index is 2.33. The van der Waals surface area contributed by atoms with Gasteiger partial charge < -0.3 is 9.30 Å². The minimum Gasteiger partial charge on any atom is -0.491 e. The summed E-state index contributed by atoms with van der Waals surface area (Å²) in [5.74, 6) is -0.0311. The lowest BCUT2D eigenvalue weighted by atomic mass is 10.3. The zero-order chi connectivity index (χ0) is 10.7. The Morgan fingerprint density at radius 1 is 1.27 bits per heavy atom. The van der Waals surface area contributed by atoms with E-state index in [0.29, 0.717) is 12.4 Å². The maximum absolute atomic E-state index is 13.5. The minimum absolute atomic E-state index is 0.299. The summed E-state index contributed by atoms with van der Waals surface area (Å²) in [5, 5.41) is 0. The number of halogens is 1. The van der Waals surface area contributed by atoms with Crippen LogP contribution in [0.2, 0.25) is 0 Å². The Hall–Kier alpha value is -1.77. The quantitative estimate of drug-likeness (QED) is 0.751. The molecule has 0 saturated heterocycles. The molecule has 0 amide bonds. The molecule has 78 valence electrons. The molecule has 0 saturated carbocycles. The first-order valence-corrected chi connectivity index (χ1v) is 4.87. The first-order chi connectivity index (χ1) is 7.31. The largest absolute Gasteiger partial charge is 0.491 e. The molecule has 1 aromatic heterocycles. The molecule has 0 N–H and O–H groups in total. The van der Waals surface area contributed by atoms with E-state index in [1.807, 2.05) is 42.1 Å². The third-order valence-electron chi connectivity index (χ3n) is 2.12. The van der Waals surface area contributed by atoms with Crippen molar-refractivity contribution in [2.45, 2.75) is 6.92 Å². The van der Waals surface area contributed by atoms with Gasteiger partial charge in [0.15, 0.2) is 11.6 Å². The van der Waals surface area contributed by atoms with Gasteiger partial charge in [-0.3, -0.25) is 0 Å². The fourth-order valence-electron chi connectivity index (χ4n) is 1.43. The van der Waals surface area contributed by atoms with Crippen LogP contribution in [0.1, 0.15) is 6.92 Å². The van der Waals surface area contributed by atoms with Crippen LogP contribution in [0, 0.1) is 5.82 Å². The molecular formula is C12H12FNO. The van der Waals surface area contributed by atoms with Gasteiger partial charge in [0, 0.05) is 24.1 Å². The molecule has 0 fully saturated rings. The molecule has 1 heterocycles. The van der Waals surface area contributed by atoms with E-state index in [-0.39, 0.29) is 5.82 Å². The summed E-state index contributed by atoms with van der Waals surface area (Å²) < 4.78 is 20.5. The van der Waals surface area contributed by atoms with Gasteiger partial charge in [-0.2, -0.15) is 0 Å². The van der Waals surface area contributed by atoms with E-state index in [1.54, 1.807) is 6.07 Å². The van der Waals surface area contributed by atoms with Gasteiger partial charge in [0.05, 0.1) is 6.61 Å². The summed E-state index contributed by atoms with van der Waals surface area (Å²) in [6.07, 6.45) is 3.74. The number of hydrogen-bond donors (Lipinski definition) is 0. The number of benzene rings is 1. The van der Waals surface area contributed by atoms with Crippen molar-refractivity contribution in [3.63, 3.8) is 0 Å². The molecule has 0 bridgehead atoms. The fraction of sp³-hybridized carbons (Fsp3) is 0.167. The second-order valence-corrected chi connectivity index (χ2v) is 3.14. The highest BCUT2D eigenvalue weighted by Crippen LogP contribution is 2.20. The van der Waals surface area contributed by atoms with E-state index in [2.05, 4.69) is 0 Å². The van der Waals surface area contributed by atoms with Crippen LogP contribution in [0.25, 0.3) is 5.69 Å². The molecular weight excluding hydrogens is 193 g/mol. The van der Waals surface area contributed by atoms with Crippen molar-refractivity contribution >= 4 is 0 Å². The van der Waals surface area contributed by atoms with Crippen LogP contribution in [0.15, 0.2) is 42.7 Å². The van der Waals surface area contributed by atoms with Gasteiger partial charge in [0.1, 0.15) is 0 Å². The van der Waals surface area contributed by atoms with E-state index >= 15 is 0 Å². The number of ether oxygens (including phenoxy) is 1. The van der Waals surface area contributed by atoms with Crippen molar-refractivity contribution in [1.29, 1.82) is 0 Å². The summed E-state index contributed by atoms with van der Waals surface area (Å²) in [6.45, 7) is 2.30. The zero-order valence-corrected chi connectivity index (χ0v) is 8.48. The molecule has 15 heavy (non-hydrogen) atoms. The number of nitrogens with zero attached hydrogens (tertiary/aromatic N) is 1. The summed E-state index contributed by atoms with van der Waals surface area (Å²) in [7, 11) is 0. The van der Waals surface area contributed by atoms with Crippen LogP contribution in [-0.4, -0.2) is 11.2 Å². The topological polar surface area (TPSA) is 14.2 Å². The highest BCUT2D eigenvalue weighted by Gasteiger charge is 2.04. The van der Waals surface area contributed by atoms with Crippen molar-refractivity contribution in [3.8, 4) is 11.4 Å². The molecule has 0 spiro atoms. The molecule has 0 aliphatic heterocycles. The van der Waals surface area contributed by atoms with Crippen LogP contribution in [0.4, 0.5) is 4.39 Å². The van der Waals surface area contributed by atoms with E-state index in [0.717, 1.165) is 5.69 Å². The van der Waals surface area contributed by atoms with Gasteiger partial charge in [-0.1, -0.05) is 0 Å². The first kappa shape index (κ1) is 9.77. The smallest absolute Gasteiger partial charge is 0.167 e. The average molecular weight is 205 g/mol. The molecule has 0 radical (unpaired) electrons. The SMILES string of the molecule is CCOc1ccc(-n2cccc2)cc1F. The van der Waals surface area contributed by atoms with Gasteiger partial charge >= 0.3 is 0 Å². The molecule has 2 rings (SSSR count). The predicted octanol–water partition coefficient (Wildman–Crippen LogP) is 3.02. The van der Waals surface area contributed by atoms with Gasteiger partial charge in [-0.25, -0.2) is 4.39 Å². The van der Waals surface area contributed by atoms with Crippen LogP contribution in [-0.2, 0) is 0 Å². The molecule has 0 aliphatic carbocycles. The summed E-state index contributed by atoms with van der Waals surface area (Å²) in [6, 6.07) is 8.73. The monoisotopic (exact) mass is 205 g/mol. The van der Waals surface area contributed by atoms with E-state index in [9.17, 15) is 4.39 Å². The van der Waals surface area contributed by atoms with Gasteiger partial charge in [-0.05, 0) is 31.2 Å². The summed E-state index contributed by atoms with van der Waals surface area (Å²) in [4.78, 5) is 0. The van der Waals surface area contributed by atoms with Crippen molar-refractivity contribution in [1.82, 2.24) is 4.57 Å². The predicted molar refractivity (Wildman–Crippen MR) is 56.9 cm³/mol. The third-order valence-corrected chi connectivity index (χ3v) is 2.12. The molecule has 3 heteroatoms. The van der Waals surface area contributed by atoms with Crippen LogP contribution >= 0.6 is 0 Å². The van der Waals surface area contributed by atoms with Crippen LogP contribution < -0.4 is 4.74 Å². The van der Waals surface area contributed by atoms with Crippen molar-refractivity contribution in [2.24, 2.45) is 0 Å². The van der Waals surface area contributed by atoms with E-state index < -0.39 is 0 Å². The minimum atomic E-state index is -0.331. The second-order valence-electron chi connectivity index (χ2n) is 3.14. The van der Waals surface area contributed by atoms with Gasteiger partial charge in [0.25, 0.3) is 0 Å². The van der Waals surface area contributed by atoms with Crippen molar-refractivity contribution in [3.05, 3.63) is 48.5 Å². The van der Waals surface area contributed by atoms with E-state index in [4.69, 9.17) is 4.74 Å². The molecule has 0 unspecified atom stereocenters. The summed E-state index contributed by atoms with van der Waals surface area (Å²) >= 11 is 0. The summed E-state index contributed by atoms with van der Waals surface area (Å²) in [5.41, 5.74) is 0.793. The maximum Gasteiger partial charge on any atom is 0.167 e. The molecule has 2 nitrogen and oxygen atoms in total. The van der Waals surface area contributed by atoms with Crippen LogP contribution in [0.5, 0.6) is 5.75 Å². The highest BCUT2D eigenvalue weighted by molar-refractivity contribution is 5.39. The molecule has 2 aromatic rings. The van der Waals surface area contributed by atoms with Crippen molar-refractivity contribution in [2.75, 3.05) is 6.61 Å². The highest BCUT2D eigenvalue weighted by atomic mass is 19.1. The maximum atomic E-state index is 13.5. The second kappa shape index (κ2) is 4.17. The fourth-order valence-corrected chi connectivity index (χ4v) is 1.43. The number of rotatable bonds is 3. The standard InChI is InChI=1S/C12H12FNO/c1-2-15-12-6-5-10(9-11(12)13)14-7-3-4-8-14/h3-9H,2H2,1H3. The first-order valence-electron chi connectivity index (χ1n) is 4.87. The van der Waals surface area contributed by atoms with Crippen LogP contribution in [0.3, 0.4) is 0 Å². The lowest BCUT2D eigenvalue weighted by Gasteiger charge is -2.07. The zero-order valence-electron chi connectivity index (χ0n) is 8.48. The Morgan fingerprint density at radius 2 is 2.00 bits per heavy atom. The van der Waals surface area contributed by atoms with Gasteiger partial charge in [-0.15, -0.1) is 0 Å². The molecule has 0 atom stereocenters. The third kappa shape index (κ3) is 2.01. The molecule has 1 aromatic carbocycles. The van der Waals surface area contributed by atoms with Crippen molar-refractivity contribution < 1.29 is 9.13 Å². The Labute approximate surface area is 87.9 Å². The Kier molecular flexibility index (Phi) is 2.72. The average Bonchev–Trinajstić information content (AvgIpc) is 2.74. The number of hydrogen-bond acceptors (Lipinski definition) is 1. The lowest BCUT2D eigenvalue weighted by molar-refractivity contribution is 0.321. The molecule has 0 aliphatic rings. The normalized spacial score (nSPS) is 10.3. The Morgan fingerprint density at radius 3 is 2.60 bits per heavy atom.